The van der Waals surface area contributed by atoms with Gasteiger partial charge in [0, 0.05) is 6.07 Å². The van der Waals surface area contributed by atoms with Crippen molar-refractivity contribution in [1.29, 1.82) is 5.26 Å². The smallest absolute Gasteiger partial charge is 0.124 e. The fraction of sp³-hybridized carbons (Fsp3) is 0.0714. The number of hydrogen-bond donors (Lipinski definition) is 1. The predicted octanol–water partition coefficient (Wildman–Crippen LogP) is 2.84. The van der Waals surface area contributed by atoms with Crippen molar-refractivity contribution < 1.29 is 9.84 Å². The van der Waals surface area contributed by atoms with Gasteiger partial charge in [-0.25, -0.2) is 0 Å². The summed E-state index contributed by atoms with van der Waals surface area (Å²) in [5.41, 5.74) is 1.42. The molecule has 0 atom stereocenters. The standard InChI is InChI=1S/C14H11NO2/c15-9-12-6-13(16)8-14(7-12)17-10-11-4-2-1-3-5-11/h1-8,16H,10H2. The van der Waals surface area contributed by atoms with Crippen LogP contribution in [-0.2, 0) is 6.61 Å². The molecule has 0 aliphatic rings. The monoisotopic (exact) mass is 225 g/mol. The van der Waals surface area contributed by atoms with Gasteiger partial charge in [0.1, 0.15) is 18.1 Å². The minimum absolute atomic E-state index is 0.0344. The molecule has 2 rings (SSSR count). The maximum atomic E-state index is 9.39. The molecule has 0 bridgehead atoms. The average molecular weight is 225 g/mol. The molecule has 0 unspecified atom stereocenters. The first-order valence-electron chi connectivity index (χ1n) is 5.19. The second-order valence-corrected chi connectivity index (χ2v) is 3.60. The number of rotatable bonds is 3. The van der Waals surface area contributed by atoms with Gasteiger partial charge in [-0.2, -0.15) is 5.26 Å². The molecule has 1 N–H and O–H groups in total. The van der Waals surface area contributed by atoms with Crippen LogP contribution in [0.5, 0.6) is 11.5 Å². The Balaban J connectivity index is 2.10. The summed E-state index contributed by atoms with van der Waals surface area (Å²) < 4.78 is 5.50. The summed E-state index contributed by atoms with van der Waals surface area (Å²) in [6, 6.07) is 16.2. The van der Waals surface area contributed by atoms with Crippen molar-refractivity contribution >= 4 is 0 Å². The van der Waals surface area contributed by atoms with Crippen molar-refractivity contribution in [2.45, 2.75) is 6.61 Å². The molecule has 0 radical (unpaired) electrons. The van der Waals surface area contributed by atoms with Crippen molar-refractivity contribution in [1.82, 2.24) is 0 Å². The van der Waals surface area contributed by atoms with E-state index in [0.29, 0.717) is 17.9 Å². The molecule has 0 amide bonds. The lowest BCUT2D eigenvalue weighted by Gasteiger charge is -2.06. The Morgan fingerprint density at radius 3 is 2.59 bits per heavy atom. The maximum Gasteiger partial charge on any atom is 0.124 e. The lowest BCUT2D eigenvalue weighted by molar-refractivity contribution is 0.304. The fourth-order valence-electron chi connectivity index (χ4n) is 1.47. The van der Waals surface area contributed by atoms with E-state index in [0.717, 1.165) is 5.56 Å². The van der Waals surface area contributed by atoms with E-state index in [1.165, 1.54) is 12.1 Å². The van der Waals surface area contributed by atoms with Crippen molar-refractivity contribution in [2.75, 3.05) is 0 Å². The van der Waals surface area contributed by atoms with Crippen molar-refractivity contribution in [3.8, 4) is 17.6 Å². The summed E-state index contributed by atoms with van der Waals surface area (Å²) in [7, 11) is 0. The van der Waals surface area contributed by atoms with Gasteiger partial charge in [-0.1, -0.05) is 30.3 Å². The first-order chi connectivity index (χ1) is 8.28. The van der Waals surface area contributed by atoms with E-state index in [1.54, 1.807) is 6.07 Å². The molecule has 0 aliphatic heterocycles. The van der Waals surface area contributed by atoms with Gasteiger partial charge in [-0.05, 0) is 17.7 Å². The van der Waals surface area contributed by atoms with Crippen LogP contribution in [-0.4, -0.2) is 5.11 Å². The number of ether oxygens (including phenoxy) is 1. The average Bonchev–Trinajstić information content (AvgIpc) is 2.37. The lowest BCUT2D eigenvalue weighted by atomic mass is 10.2. The Hall–Kier alpha value is -2.47. The Morgan fingerprint density at radius 2 is 1.88 bits per heavy atom. The van der Waals surface area contributed by atoms with Crippen LogP contribution in [0.1, 0.15) is 11.1 Å². The Kier molecular flexibility index (Phi) is 3.27. The van der Waals surface area contributed by atoms with Crippen LogP contribution in [0.15, 0.2) is 48.5 Å². The molecule has 3 heteroatoms. The van der Waals surface area contributed by atoms with Gasteiger partial charge in [0.25, 0.3) is 0 Å². The first-order valence-corrected chi connectivity index (χ1v) is 5.19. The molecule has 2 aromatic rings. The first kappa shape index (κ1) is 11.0. The summed E-state index contributed by atoms with van der Waals surface area (Å²) in [6.45, 7) is 0.412. The van der Waals surface area contributed by atoms with Crippen LogP contribution in [0, 0.1) is 11.3 Å². The fourth-order valence-corrected chi connectivity index (χ4v) is 1.47. The van der Waals surface area contributed by atoms with Gasteiger partial charge in [-0.3, -0.25) is 0 Å². The summed E-state index contributed by atoms with van der Waals surface area (Å²) in [5, 5.41) is 18.1. The van der Waals surface area contributed by atoms with Crippen LogP contribution in [0.4, 0.5) is 0 Å². The minimum Gasteiger partial charge on any atom is -0.508 e. The zero-order valence-corrected chi connectivity index (χ0v) is 9.13. The van der Waals surface area contributed by atoms with Gasteiger partial charge < -0.3 is 9.84 Å². The van der Waals surface area contributed by atoms with Crippen molar-refractivity contribution in [3.05, 3.63) is 59.7 Å². The maximum absolute atomic E-state index is 9.39. The van der Waals surface area contributed by atoms with Crippen LogP contribution in [0.3, 0.4) is 0 Å². The van der Waals surface area contributed by atoms with E-state index in [-0.39, 0.29) is 5.75 Å². The number of phenols is 1. The molecular formula is C14H11NO2. The number of nitrogens with zero attached hydrogens (tertiary/aromatic N) is 1. The Labute approximate surface area is 99.5 Å². The molecule has 0 saturated carbocycles. The molecule has 0 saturated heterocycles. The Bertz CT molecular complexity index is 544. The van der Waals surface area contributed by atoms with Gasteiger partial charge in [0.2, 0.25) is 0 Å². The highest BCUT2D eigenvalue weighted by Gasteiger charge is 2.01. The summed E-state index contributed by atoms with van der Waals surface area (Å²) >= 11 is 0. The minimum atomic E-state index is 0.0344. The van der Waals surface area contributed by atoms with Crippen LogP contribution >= 0.6 is 0 Å². The quantitative estimate of drug-likeness (QED) is 0.873. The van der Waals surface area contributed by atoms with E-state index >= 15 is 0 Å². The number of hydrogen-bond acceptors (Lipinski definition) is 3. The second-order valence-electron chi connectivity index (χ2n) is 3.60. The summed E-state index contributed by atoms with van der Waals surface area (Å²) in [6.07, 6.45) is 0. The predicted molar refractivity (Wildman–Crippen MR) is 63.6 cm³/mol. The number of benzene rings is 2. The lowest BCUT2D eigenvalue weighted by Crippen LogP contribution is -1.95. The topological polar surface area (TPSA) is 53.2 Å². The van der Waals surface area contributed by atoms with Crippen molar-refractivity contribution in [3.63, 3.8) is 0 Å². The molecular weight excluding hydrogens is 214 g/mol. The van der Waals surface area contributed by atoms with Crippen LogP contribution in [0.2, 0.25) is 0 Å². The Morgan fingerprint density at radius 1 is 1.12 bits per heavy atom. The molecule has 2 aromatic carbocycles. The SMILES string of the molecule is N#Cc1cc(O)cc(OCc2ccccc2)c1. The van der Waals surface area contributed by atoms with Crippen molar-refractivity contribution in [2.24, 2.45) is 0 Å². The summed E-state index contributed by atoms with van der Waals surface area (Å²) in [4.78, 5) is 0. The molecule has 0 spiro atoms. The highest BCUT2D eigenvalue weighted by Crippen LogP contribution is 2.22. The third-order valence-electron chi connectivity index (χ3n) is 2.27. The van der Waals surface area contributed by atoms with Gasteiger partial charge in [0.15, 0.2) is 0 Å². The number of phenolic OH excluding ortho intramolecular Hbond substituents is 1. The summed E-state index contributed by atoms with van der Waals surface area (Å²) in [5.74, 6) is 0.525. The zero-order chi connectivity index (χ0) is 12.1. The van der Waals surface area contributed by atoms with Crippen LogP contribution in [0.25, 0.3) is 0 Å². The molecule has 0 aliphatic carbocycles. The molecule has 3 nitrogen and oxygen atoms in total. The zero-order valence-electron chi connectivity index (χ0n) is 9.13. The number of aromatic hydroxyl groups is 1. The van der Waals surface area contributed by atoms with Gasteiger partial charge in [-0.15, -0.1) is 0 Å². The third kappa shape index (κ3) is 2.99. The third-order valence-corrected chi connectivity index (χ3v) is 2.27. The van der Waals surface area contributed by atoms with Gasteiger partial charge >= 0.3 is 0 Å². The molecule has 84 valence electrons. The van der Waals surface area contributed by atoms with E-state index in [4.69, 9.17) is 10.00 Å². The molecule has 0 fully saturated rings. The molecule has 0 heterocycles. The van der Waals surface area contributed by atoms with E-state index < -0.39 is 0 Å². The van der Waals surface area contributed by atoms with E-state index in [1.807, 2.05) is 36.4 Å². The van der Waals surface area contributed by atoms with E-state index in [9.17, 15) is 5.11 Å². The molecule has 17 heavy (non-hydrogen) atoms. The highest BCUT2D eigenvalue weighted by molar-refractivity contribution is 5.43. The highest BCUT2D eigenvalue weighted by atomic mass is 16.5. The largest absolute Gasteiger partial charge is 0.508 e. The molecule has 0 aromatic heterocycles. The number of nitriles is 1. The van der Waals surface area contributed by atoms with Crippen LogP contribution < -0.4 is 4.74 Å². The van der Waals surface area contributed by atoms with Gasteiger partial charge in [0.05, 0.1) is 11.6 Å². The normalized spacial score (nSPS) is 9.59. The van der Waals surface area contributed by atoms with E-state index in [2.05, 4.69) is 0 Å². The second kappa shape index (κ2) is 5.04.